The quantitative estimate of drug-likeness (QED) is 0.899. The third kappa shape index (κ3) is 3.16. The molecule has 1 aromatic rings. The minimum Gasteiger partial charge on any atom is -0.478 e. The van der Waals surface area contributed by atoms with Crippen LogP contribution in [-0.2, 0) is 11.3 Å². The number of morpholine rings is 1. The van der Waals surface area contributed by atoms with Crippen LogP contribution in [0.2, 0.25) is 0 Å². The summed E-state index contributed by atoms with van der Waals surface area (Å²) in [5, 5.41) is 9.05. The Morgan fingerprint density at radius 1 is 1.58 bits per heavy atom. The number of aromatic carboxylic acids is 1. The second-order valence-corrected chi connectivity index (χ2v) is 5.35. The lowest BCUT2D eigenvalue weighted by Gasteiger charge is -2.35. The van der Waals surface area contributed by atoms with Gasteiger partial charge in [-0.3, -0.25) is 4.90 Å². The Morgan fingerprint density at radius 2 is 2.32 bits per heavy atom. The lowest BCUT2D eigenvalue weighted by atomic mass is 10.2. The summed E-state index contributed by atoms with van der Waals surface area (Å²) >= 11 is 0. The van der Waals surface area contributed by atoms with Crippen molar-refractivity contribution in [3.8, 4) is 0 Å². The van der Waals surface area contributed by atoms with Gasteiger partial charge in [0.2, 0.25) is 0 Å². The van der Waals surface area contributed by atoms with Crippen LogP contribution < -0.4 is 0 Å². The SMILES string of the molecule is Cc1c(C(=O)O)ccn1CC1CN(C(C)C)CCO1. The van der Waals surface area contributed by atoms with Gasteiger partial charge in [-0.1, -0.05) is 0 Å². The van der Waals surface area contributed by atoms with Gasteiger partial charge in [-0.25, -0.2) is 4.79 Å². The molecule has 1 aromatic heterocycles. The molecule has 0 amide bonds. The van der Waals surface area contributed by atoms with Crippen LogP contribution in [0.15, 0.2) is 12.3 Å². The molecular weight excluding hydrogens is 244 g/mol. The van der Waals surface area contributed by atoms with Gasteiger partial charge in [0.15, 0.2) is 0 Å². The number of carbonyl (C=O) groups is 1. The summed E-state index contributed by atoms with van der Waals surface area (Å²) < 4.78 is 7.75. The highest BCUT2D eigenvalue weighted by molar-refractivity contribution is 5.88. The number of aromatic nitrogens is 1. The number of carboxylic acids is 1. The van der Waals surface area contributed by atoms with Gasteiger partial charge in [-0.05, 0) is 26.8 Å². The van der Waals surface area contributed by atoms with E-state index >= 15 is 0 Å². The summed E-state index contributed by atoms with van der Waals surface area (Å²) in [5.41, 5.74) is 1.16. The molecule has 1 unspecified atom stereocenters. The van der Waals surface area contributed by atoms with E-state index in [1.807, 2.05) is 17.7 Å². The molecule has 0 bridgehead atoms. The zero-order valence-electron chi connectivity index (χ0n) is 11.8. The smallest absolute Gasteiger partial charge is 0.337 e. The van der Waals surface area contributed by atoms with Crippen molar-refractivity contribution in [2.45, 2.75) is 39.5 Å². The zero-order valence-corrected chi connectivity index (χ0v) is 11.8. The van der Waals surface area contributed by atoms with Gasteiger partial charge in [0.25, 0.3) is 0 Å². The summed E-state index contributed by atoms with van der Waals surface area (Å²) in [4.78, 5) is 13.4. The van der Waals surface area contributed by atoms with Gasteiger partial charge in [-0.2, -0.15) is 0 Å². The van der Waals surface area contributed by atoms with Gasteiger partial charge >= 0.3 is 5.97 Å². The monoisotopic (exact) mass is 266 g/mol. The van der Waals surface area contributed by atoms with E-state index in [-0.39, 0.29) is 6.10 Å². The van der Waals surface area contributed by atoms with Crippen molar-refractivity contribution < 1.29 is 14.6 Å². The Labute approximate surface area is 113 Å². The topological polar surface area (TPSA) is 54.7 Å². The van der Waals surface area contributed by atoms with E-state index in [2.05, 4.69) is 18.7 Å². The average Bonchev–Trinajstić information content (AvgIpc) is 2.71. The maximum atomic E-state index is 11.0. The first-order valence-electron chi connectivity index (χ1n) is 6.73. The predicted molar refractivity (Wildman–Crippen MR) is 72.6 cm³/mol. The molecule has 1 atom stereocenters. The number of rotatable bonds is 4. The third-order valence-electron chi connectivity index (χ3n) is 3.77. The van der Waals surface area contributed by atoms with Crippen LogP contribution >= 0.6 is 0 Å². The second-order valence-electron chi connectivity index (χ2n) is 5.35. The first-order valence-corrected chi connectivity index (χ1v) is 6.73. The number of ether oxygens (including phenoxy) is 1. The molecule has 5 nitrogen and oxygen atoms in total. The predicted octanol–water partition coefficient (Wildman–Crippen LogP) is 1.60. The van der Waals surface area contributed by atoms with E-state index in [1.165, 1.54) is 0 Å². The first-order chi connectivity index (χ1) is 8.99. The van der Waals surface area contributed by atoms with Crippen LogP contribution in [-0.4, -0.2) is 52.4 Å². The van der Waals surface area contributed by atoms with Crippen molar-refractivity contribution in [1.29, 1.82) is 0 Å². The van der Waals surface area contributed by atoms with Crippen LogP contribution in [0.4, 0.5) is 0 Å². The van der Waals surface area contributed by atoms with Crippen molar-refractivity contribution in [2.75, 3.05) is 19.7 Å². The Morgan fingerprint density at radius 3 is 2.89 bits per heavy atom. The standard InChI is InChI=1S/C14H22N2O3/c1-10(2)15-6-7-19-12(8-15)9-16-5-4-13(11(16)3)14(17)18/h4-5,10,12H,6-9H2,1-3H3,(H,17,18). The fourth-order valence-electron chi connectivity index (χ4n) is 2.52. The maximum absolute atomic E-state index is 11.0. The molecule has 0 spiro atoms. The number of carboxylic acid groups (broad SMARTS) is 1. The van der Waals surface area contributed by atoms with Crippen LogP contribution in [0.5, 0.6) is 0 Å². The molecule has 2 rings (SSSR count). The Bertz CT molecular complexity index is 454. The van der Waals surface area contributed by atoms with E-state index in [4.69, 9.17) is 9.84 Å². The molecule has 5 heteroatoms. The van der Waals surface area contributed by atoms with Crippen molar-refractivity contribution in [3.63, 3.8) is 0 Å². The summed E-state index contributed by atoms with van der Waals surface area (Å²) in [7, 11) is 0. The average molecular weight is 266 g/mol. The summed E-state index contributed by atoms with van der Waals surface area (Å²) in [6.07, 6.45) is 1.96. The molecular formula is C14H22N2O3. The Hall–Kier alpha value is -1.33. The highest BCUT2D eigenvalue weighted by atomic mass is 16.5. The van der Waals surface area contributed by atoms with Gasteiger partial charge in [0.05, 0.1) is 18.3 Å². The fraction of sp³-hybridized carbons (Fsp3) is 0.643. The van der Waals surface area contributed by atoms with Gasteiger partial charge < -0.3 is 14.4 Å². The van der Waals surface area contributed by atoms with E-state index in [0.717, 1.165) is 25.4 Å². The lowest BCUT2D eigenvalue weighted by molar-refractivity contribution is -0.0457. The molecule has 1 aliphatic heterocycles. The first kappa shape index (κ1) is 14.1. The molecule has 2 heterocycles. The van der Waals surface area contributed by atoms with Crippen LogP contribution in [0, 0.1) is 6.92 Å². The van der Waals surface area contributed by atoms with Crippen molar-refractivity contribution in [2.24, 2.45) is 0 Å². The molecule has 1 N–H and O–H groups in total. The number of nitrogens with zero attached hydrogens (tertiary/aromatic N) is 2. The minimum absolute atomic E-state index is 0.129. The van der Waals surface area contributed by atoms with E-state index in [9.17, 15) is 4.79 Å². The fourth-order valence-corrected chi connectivity index (χ4v) is 2.52. The largest absolute Gasteiger partial charge is 0.478 e. The van der Waals surface area contributed by atoms with Crippen LogP contribution in [0.25, 0.3) is 0 Å². The van der Waals surface area contributed by atoms with Crippen LogP contribution in [0.1, 0.15) is 29.9 Å². The van der Waals surface area contributed by atoms with Gasteiger partial charge in [0, 0.05) is 37.6 Å². The van der Waals surface area contributed by atoms with Crippen molar-refractivity contribution in [3.05, 3.63) is 23.5 Å². The van der Waals surface area contributed by atoms with Crippen molar-refractivity contribution >= 4 is 5.97 Å². The van der Waals surface area contributed by atoms with E-state index in [0.29, 0.717) is 18.2 Å². The Kier molecular flexibility index (Phi) is 4.27. The summed E-state index contributed by atoms with van der Waals surface area (Å²) in [6.45, 7) is 9.54. The molecule has 0 radical (unpaired) electrons. The van der Waals surface area contributed by atoms with Crippen molar-refractivity contribution in [1.82, 2.24) is 9.47 Å². The Balaban J connectivity index is 2.03. The molecule has 0 aromatic carbocycles. The maximum Gasteiger partial charge on any atom is 0.337 e. The molecule has 1 fully saturated rings. The van der Waals surface area contributed by atoms with Gasteiger partial charge in [0.1, 0.15) is 0 Å². The van der Waals surface area contributed by atoms with Crippen LogP contribution in [0.3, 0.4) is 0 Å². The van der Waals surface area contributed by atoms with Gasteiger partial charge in [-0.15, -0.1) is 0 Å². The highest BCUT2D eigenvalue weighted by Gasteiger charge is 2.23. The third-order valence-corrected chi connectivity index (χ3v) is 3.77. The number of hydrogen-bond donors (Lipinski definition) is 1. The molecule has 1 aliphatic rings. The molecule has 0 aliphatic carbocycles. The minimum atomic E-state index is -0.871. The van der Waals surface area contributed by atoms with E-state index < -0.39 is 5.97 Å². The van der Waals surface area contributed by atoms with E-state index in [1.54, 1.807) is 6.07 Å². The molecule has 19 heavy (non-hydrogen) atoms. The second kappa shape index (κ2) is 5.75. The molecule has 106 valence electrons. The summed E-state index contributed by atoms with van der Waals surface area (Å²) in [6, 6.07) is 2.17. The summed E-state index contributed by atoms with van der Waals surface area (Å²) in [5.74, 6) is -0.871. The molecule has 0 saturated carbocycles. The highest BCUT2D eigenvalue weighted by Crippen LogP contribution is 2.15. The molecule has 1 saturated heterocycles. The lowest BCUT2D eigenvalue weighted by Crippen LogP contribution is -2.47. The number of hydrogen-bond acceptors (Lipinski definition) is 3. The normalized spacial score (nSPS) is 20.9. The zero-order chi connectivity index (χ0) is 14.0.